The van der Waals surface area contributed by atoms with E-state index in [1.165, 1.54) is 28.9 Å². The summed E-state index contributed by atoms with van der Waals surface area (Å²) >= 11 is 0. The number of Topliss-reactive ketones (excluding diaryl/α,β-unsaturated/α-hetero) is 1. The number of hydrogen-bond acceptors (Lipinski definition) is 4. The summed E-state index contributed by atoms with van der Waals surface area (Å²) in [5, 5.41) is 20.9. The summed E-state index contributed by atoms with van der Waals surface area (Å²) in [4.78, 5) is 23.7. The maximum Gasteiger partial charge on any atom is 0.185 e. The van der Waals surface area contributed by atoms with Crippen LogP contribution in [0.4, 0.5) is 0 Å². The number of aliphatic hydroxyl groups is 2. The molecule has 0 spiro atoms. The predicted octanol–water partition coefficient (Wildman–Crippen LogP) is 5.71. The number of allylic oxidation sites excluding steroid dienone is 10. The van der Waals surface area contributed by atoms with E-state index in [0.29, 0.717) is 30.4 Å². The number of carbonyl (C=O) groups excluding carboxylic acids is 2. The highest BCUT2D eigenvalue weighted by molar-refractivity contribution is 6.20. The smallest absolute Gasteiger partial charge is 0.185 e. The van der Waals surface area contributed by atoms with E-state index in [-0.39, 0.29) is 11.6 Å². The van der Waals surface area contributed by atoms with Crippen molar-refractivity contribution < 1.29 is 19.8 Å². The molecule has 0 saturated heterocycles. The quantitative estimate of drug-likeness (QED) is 0.308. The Kier molecular flexibility index (Phi) is 11.1. The molecule has 1 aliphatic carbocycles. The second kappa shape index (κ2) is 12.7. The first-order valence-corrected chi connectivity index (χ1v) is 11.2. The van der Waals surface area contributed by atoms with Gasteiger partial charge in [0.1, 0.15) is 0 Å². The fourth-order valence-electron chi connectivity index (χ4n) is 3.49. The maximum atomic E-state index is 12.1. The van der Waals surface area contributed by atoms with E-state index < -0.39 is 11.7 Å². The van der Waals surface area contributed by atoms with E-state index in [2.05, 4.69) is 19.1 Å². The normalized spacial score (nSPS) is 18.3. The minimum Gasteiger partial charge on any atom is -0.390 e. The van der Waals surface area contributed by atoms with Crippen LogP contribution < -0.4 is 0 Å². The molecule has 0 fully saturated rings. The molecule has 2 N–H and O–H groups in total. The van der Waals surface area contributed by atoms with Crippen molar-refractivity contribution >= 4 is 11.6 Å². The second-order valence-electron chi connectivity index (χ2n) is 9.30. The lowest BCUT2D eigenvalue weighted by molar-refractivity contribution is -0.115. The van der Waals surface area contributed by atoms with Crippen LogP contribution in [0.15, 0.2) is 58.2 Å². The zero-order chi connectivity index (χ0) is 23.6. The molecular weight excluding hydrogens is 388 g/mol. The van der Waals surface area contributed by atoms with Gasteiger partial charge >= 0.3 is 0 Å². The lowest BCUT2D eigenvalue weighted by Gasteiger charge is -2.29. The Morgan fingerprint density at radius 2 is 1.65 bits per heavy atom. The summed E-state index contributed by atoms with van der Waals surface area (Å²) in [6, 6.07) is 0. The summed E-state index contributed by atoms with van der Waals surface area (Å²) in [6.45, 7) is 11.5. The first-order valence-electron chi connectivity index (χ1n) is 11.2. The number of rotatable bonds is 12. The Balaban J connectivity index is 2.43. The van der Waals surface area contributed by atoms with Gasteiger partial charge in [0.15, 0.2) is 11.6 Å². The molecule has 0 radical (unpaired) electrons. The van der Waals surface area contributed by atoms with Gasteiger partial charge in [0.2, 0.25) is 0 Å². The van der Waals surface area contributed by atoms with Crippen LogP contribution >= 0.6 is 0 Å². The molecule has 31 heavy (non-hydrogen) atoms. The number of aliphatic hydroxyl groups excluding tert-OH is 1. The van der Waals surface area contributed by atoms with Gasteiger partial charge in [0, 0.05) is 11.1 Å². The molecule has 2 atom stereocenters. The molecule has 172 valence electrons. The minimum absolute atomic E-state index is 0.0466. The second-order valence-corrected chi connectivity index (χ2v) is 9.30. The van der Waals surface area contributed by atoms with Crippen LogP contribution in [-0.4, -0.2) is 33.5 Å². The van der Waals surface area contributed by atoms with Gasteiger partial charge in [-0.15, -0.1) is 0 Å². The molecule has 0 aromatic rings. The Hall–Kier alpha value is -2.04. The van der Waals surface area contributed by atoms with Crippen LogP contribution in [0.25, 0.3) is 0 Å². The highest BCUT2D eigenvalue weighted by Gasteiger charge is 2.29. The molecule has 0 aliphatic heterocycles. The third-order valence-corrected chi connectivity index (χ3v) is 5.76. The zero-order valence-electron chi connectivity index (χ0n) is 20.1. The van der Waals surface area contributed by atoms with Crippen LogP contribution in [0.5, 0.6) is 0 Å². The van der Waals surface area contributed by atoms with E-state index in [0.717, 1.165) is 25.7 Å². The van der Waals surface area contributed by atoms with E-state index in [1.807, 2.05) is 26.8 Å². The molecule has 2 unspecified atom stereocenters. The van der Waals surface area contributed by atoms with Gasteiger partial charge < -0.3 is 10.2 Å². The first kappa shape index (κ1) is 27.0. The predicted molar refractivity (Wildman–Crippen MR) is 128 cm³/mol. The number of ketones is 2. The van der Waals surface area contributed by atoms with Crippen molar-refractivity contribution in [1.29, 1.82) is 0 Å². The highest BCUT2D eigenvalue weighted by atomic mass is 16.3. The van der Waals surface area contributed by atoms with Crippen LogP contribution in [0.3, 0.4) is 0 Å². The SMILES string of the molecule is CC(C)=CCCC(C)(O)C(O)CC/C(C)=C/CC/C(C)=C/CC1=CC(=O)C=C(C)C1=O. The molecule has 1 rings (SSSR count). The average molecular weight is 429 g/mol. The van der Waals surface area contributed by atoms with E-state index in [9.17, 15) is 19.8 Å². The molecule has 4 heteroatoms. The van der Waals surface area contributed by atoms with Gasteiger partial charge in [-0.1, -0.05) is 34.9 Å². The van der Waals surface area contributed by atoms with Crippen molar-refractivity contribution in [3.8, 4) is 0 Å². The van der Waals surface area contributed by atoms with E-state index in [1.54, 1.807) is 13.8 Å². The van der Waals surface area contributed by atoms with Gasteiger partial charge in [-0.2, -0.15) is 0 Å². The summed E-state index contributed by atoms with van der Waals surface area (Å²) in [7, 11) is 0. The molecule has 0 heterocycles. The van der Waals surface area contributed by atoms with Gasteiger partial charge in [-0.3, -0.25) is 9.59 Å². The molecule has 0 amide bonds. The highest BCUT2D eigenvalue weighted by Crippen LogP contribution is 2.23. The van der Waals surface area contributed by atoms with Crippen molar-refractivity contribution in [3.63, 3.8) is 0 Å². The third kappa shape index (κ3) is 10.2. The molecule has 0 saturated carbocycles. The monoisotopic (exact) mass is 428 g/mol. The fourth-order valence-corrected chi connectivity index (χ4v) is 3.49. The summed E-state index contributed by atoms with van der Waals surface area (Å²) in [5.41, 5.74) is 3.58. The Morgan fingerprint density at radius 1 is 1.00 bits per heavy atom. The largest absolute Gasteiger partial charge is 0.390 e. The fraction of sp³-hybridized carbons (Fsp3) is 0.556. The van der Waals surface area contributed by atoms with Crippen LogP contribution in [0, 0.1) is 0 Å². The molecule has 1 aliphatic rings. The van der Waals surface area contributed by atoms with E-state index in [4.69, 9.17) is 0 Å². The van der Waals surface area contributed by atoms with Gasteiger partial charge in [-0.25, -0.2) is 0 Å². The Morgan fingerprint density at radius 3 is 2.29 bits per heavy atom. The maximum absolute atomic E-state index is 12.1. The summed E-state index contributed by atoms with van der Waals surface area (Å²) in [6.07, 6.45) is 13.2. The number of hydrogen-bond donors (Lipinski definition) is 2. The van der Waals surface area contributed by atoms with Crippen molar-refractivity contribution in [2.75, 3.05) is 0 Å². The van der Waals surface area contributed by atoms with Crippen molar-refractivity contribution in [2.24, 2.45) is 0 Å². The zero-order valence-corrected chi connectivity index (χ0v) is 20.1. The summed E-state index contributed by atoms with van der Waals surface area (Å²) < 4.78 is 0. The first-order chi connectivity index (χ1) is 14.4. The van der Waals surface area contributed by atoms with Crippen molar-refractivity contribution in [2.45, 2.75) is 98.2 Å². The average Bonchev–Trinajstić information content (AvgIpc) is 2.67. The van der Waals surface area contributed by atoms with Crippen LogP contribution in [-0.2, 0) is 9.59 Å². The van der Waals surface area contributed by atoms with E-state index >= 15 is 0 Å². The Labute approximate surface area is 188 Å². The molecule has 0 aromatic carbocycles. The van der Waals surface area contributed by atoms with Crippen molar-refractivity contribution in [3.05, 3.63) is 58.2 Å². The van der Waals surface area contributed by atoms with Gasteiger partial charge in [0.25, 0.3) is 0 Å². The third-order valence-electron chi connectivity index (χ3n) is 5.76. The standard InChI is InChI=1S/C27H40O4/c1-19(2)9-8-16-27(6,31)25(29)15-13-21(4)11-7-10-20(3)12-14-23-18-24(28)17-22(5)26(23)30/h9,11-12,17-18,25,29,31H,7-8,10,13-16H2,1-6H3/b20-12+,21-11+. The molecule has 0 aromatic heterocycles. The lowest BCUT2D eigenvalue weighted by Crippen LogP contribution is -2.39. The van der Waals surface area contributed by atoms with Crippen LogP contribution in [0.2, 0.25) is 0 Å². The summed E-state index contributed by atoms with van der Waals surface area (Å²) in [5.74, 6) is -0.162. The van der Waals surface area contributed by atoms with Crippen LogP contribution in [0.1, 0.15) is 86.5 Å². The topological polar surface area (TPSA) is 74.6 Å². The lowest BCUT2D eigenvalue weighted by atomic mass is 9.89. The van der Waals surface area contributed by atoms with Crippen molar-refractivity contribution in [1.82, 2.24) is 0 Å². The Bertz CT molecular complexity index is 799. The molecule has 0 bridgehead atoms. The molecular formula is C27H40O4. The van der Waals surface area contributed by atoms with Gasteiger partial charge in [0.05, 0.1) is 11.7 Å². The number of carbonyl (C=O) groups is 2. The minimum atomic E-state index is -1.08. The van der Waals surface area contributed by atoms with Gasteiger partial charge in [-0.05, 0) is 98.6 Å². The molecule has 4 nitrogen and oxygen atoms in total.